The van der Waals surface area contributed by atoms with Crippen LogP contribution in [0.2, 0.25) is 0 Å². The van der Waals surface area contributed by atoms with E-state index in [0.717, 1.165) is 16.7 Å². The number of rotatable bonds is 2. The summed E-state index contributed by atoms with van der Waals surface area (Å²) in [6.45, 7) is 0. The van der Waals surface area contributed by atoms with Gasteiger partial charge in [-0.15, -0.1) is 0 Å². The average Bonchev–Trinajstić information content (AvgIpc) is 3.05. The highest BCUT2D eigenvalue weighted by Gasteiger charge is 2.53. The third kappa shape index (κ3) is 2.81. The molecule has 6 heteroatoms. The highest BCUT2D eigenvalue weighted by molar-refractivity contribution is 5.68. The van der Waals surface area contributed by atoms with Gasteiger partial charge in [-0.2, -0.15) is 0 Å². The van der Waals surface area contributed by atoms with Gasteiger partial charge in [0.25, 0.3) is 0 Å². The SMILES string of the molecule is Oc1ccc(C2c3c(O)cc(O)cc3C3c4c(O)cc(O)cc4C2C3c2ccc(O)cc2)cc1. The molecule has 0 heterocycles. The Labute approximate surface area is 195 Å². The minimum Gasteiger partial charge on any atom is -0.508 e. The fourth-order valence-corrected chi connectivity index (χ4v) is 6.15. The summed E-state index contributed by atoms with van der Waals surface area (Å²) in [5.41, 5.74) is 4.48. The Hall–Kier alpha value is -4.32. The molecule has 0 aliphatic heterocycles. The first kappa shape index (κ1) is 20.3. The highest BCUT2D eigenvalue weighted by Crippen LogP contribution is 2.68. The highest BCUT2D eigenvalue weighted by atomic mass is 16.3. The number of hydrogen-bond acceptors (Lipinski definition) is 6. The van der Waals surface area contributed by atoms with Crippen molar-refractivity contribution < 1.29 is 30.6 Å². The van der Waals surface area contributed by atoms with E-state index in [1.165, 1.54) is 12.1 Å². The molecular formula is C28H22O6. The van der Waals surface area contributed by atoms with E-state index < -0.39 is 11.8 Å². The van der Waals surface area contributed by atoms with Crippen LogP contribution in [0.25, 0.3) is 0 Å². The largest absolute Gasteiger partial charge is 0.508 e. The summed E-state index contributed by atoms with van der Waals surface area (Å²) in [4.78, 5) is 0. The zero-order valence-electron chi connectivity index (χ0n) is 17.9. The first-order valence-electron chi connectivity index (χ1n) is 11.0. The third-order valence-electron chi connectivity index (χ3n) is 7.30. The van der Waals surface area contributed by atoms with Crippen molar-refractivity contribution in [2.45, 2.75) is 23.7 Å². The van der Waals surface area contributed by atoms with Crippen LogP contribution in [0.4, 0.5) is 0 Å². The van der Waals surface area contributed by atoms with Gasteiger partial charge >= 0.3 is 0 Å². The van der Waals surface area contributed by atoms with E-state index in [1.807, 2.05) is 12.1 Å². The van der Waals surface area contributed by atoms with Crippen LogP contribution < -0.4 is 0 Å². The zero-order valence-corrected chi connectivity index (χ0v) is 17.9. The van der Waals surface area contributed by atoms with E-state index in [-0.39, 0.29) is 46.3 Å². The molecule has 6 rings (SSSR count). The van der Waals surface area contributed by atoms with Gasteiger partial charge < -0.3 is 30.6 Å². The maximum absolute atomic E-state index is 11.0. The Balaban J connectivity index is 1.72. The molecule has 34 heavy (non-hydrogen) atoms. The van der Waals surface area contributed by atoms with Crippen LogP contribution in [0.5, 0.6) is 34.5 Å². The second-order valence-electron chi connectivity index (χ2n) is 9.13. The smallest absolute Gasteiger partial charge is 0.123 e. The molecule has 4 aromatic rings. The molecule has 2 bridgehead atoms. The summed E-state index contributed by atoms with van der Waals surface area (Å²) in [5.74, 6) is -1.29. The number of hydrogen-bond donors (Lipinski definition) is 6. The Kier molecular flexibility index (Phi) is 4.23. The number of aromatic hydroxyl groups is 6. The summed E-state index contributed by atoms with van der Waals surface area (Å²) in [6.07, 6.45) is 0. The van der Waals surface area contributed by atoms with Crippen LogP contribution in [0.15, 0.2) is 72.8 Å². The molecule has 170 valence electrons. The second kappa shape index (κ2) is 7.09. The van der Waals surface area contributed by atoms with Gasteiger partial charge in [-0.05, 0) is 58.7 Å². The fraction of sp³-hybridized carbons (Fsp3) is 0.143. The Morgan fingerprint density at radius 1 is 0.412 bits per heavy atom. The number of fused-ring (bicyclic) bond motifs is 7. The summed E-state index contributed by atoms with van der Waals surface area (Å²) in [5, 5.41) is 62.6. The lowest BCUT2D eigenvalue weighted by atomic mass is 9.63. The van der Waals surface area contributed by atoms with Gasteiger partial charge in [-0.25, -0.2) is 0 Å². The van der Waals surface area contributed by atoms with Crippen molar-refractivity contribution >= 4 is 0 Å². The first-order chi connectivity index (χ1) is 16.3. The second-order valence-corrected chi connectivity index (χ2v) is 9.13. The van der Waals surface area contributed by atoms with Crippen LogP contribution in [0.3, 0.4) is 0 Å². The van der Waals surface area contributed by atoms with Crippen molar-refractivity contribution in [2.75, 3.05) is 0 Å². The van der Waals surface area contributed by atoms with Crippen molar-refractivity contribution in [2.24, 2.45) is 0 Å². The van der Waals surface area contributed by atoms with Gasteiger partial charge in [0, 0.05) is 46.9 Å². The summed E-state index contributed by atoms with van der Waals surface area (Å²) >= 11 is 0. The van der Waals surface area contributed by atoms with E-state index in [9.17, 15) is 30.6 Å². The van der Waals surface area contributed by atoms with E-state index in [0.29, 0.717) is 16.7 Å². The molecule has 0 spiro atoms. The first-order valence-corrected chi connectivity index (χ1v) is 11.0. The van der Waals surface area contributed by atoms with Gasteiger partial charge in [-0.3, -0.25) is 0 Å². The van der Waals surface area contributed by atoms with Crippen LogP contribution in [-0.2, 0) is 0 Å². The molecule has 2 aliphatic rings. The van der Waals surface area contributed by atoms with E-state index in [4.69, 9.17) is 0 Å². The Morgan fingerprint density at radius 3 is 1.44 bits per heavy atom. The van der Waals surface area contributed by atoms with Crippen molar-refractivity contribution in [1.29, 1.82) is 0 Å². The molecule has 4 unspecified atom stereocenters. The van der Waals surface area contributed by atoms with Gasteiger partial charge in [-0.1, -0.05) is 24.3 Å². The lowest BCUT2D eigenvalue weighted by molar-refractivity contribution is 0.406. The number of benzene rings is 4. The molecule has 0 amide bonds. The lowest BCUT2D eigenvalue weighted by Crippen LogP contribution is -2.26. The third-order valence-corrected chi connectivity index (χ3v) is 7.30. The van der Waals surface area contributed by atoms with Crippen molar-refractivity contribution in [3.63, 3.8) is 0 Å². The number of phenols is 6. The summed E-state index contributed by atoms with van der Waals surface area (Å²) < 4.78 is 0. The Morgan fingerprint density at radius 2 is 0.882 bits per heavy atom. The van der Waals surface area contributed by atoms with Crippen LogP contribution >= 0.6 is 0 Å². The Bertz CT molecular complexity index is 1430. The maximum Gasteiger partial charge on any atom is 0.123 e. The van der Waals surface area contributed by atoms with Crippen LogP contribution in [0.1, 0.15) is 57.1 Å². The van der Waals surface area contributed by atoms with E-state index in [1.54, 1.807) is 48.5 Å². The molecular weight excluding hydrogens is 432 g/mol. The van der Waals surface area contributed by atoms with Crippen molar-refractivity contribution in [1.82, 2.24) is 0 Å². The molecule has 4 aromatic carbocycles. The summed E-state index contributed by atoms with van der Waals surface area (Å²) in [6, 6.07) is 19.6. The van der Waals surface area contributed by atoms with Gasteiger partial charge in [0.05, 0.1) is 0 Å². The topological polar surface area (TPSA) is 121 Å². The molecule has 0 aromatic heterocycles. The predicted octanol–water partition coefficient (Wildman–Crippen LogP) is 5.08. The molecule has 0 fully saturated rings. The maximum atomic E-state index is 11.0. The molecule has 6 nitrogen and oxygen atoms in total. The standard InChI is InChI=1S/C28H22O6/c29-15-5-1-13(2-6-15)23-25-19(9-17(31)11-21(25)33)28-24(14-3-7-16(30)8-4-14)27(23)20-10-18(32)12-22(34)26(20)28/h1-12,23-24,27-34H. The van der Waals surface area contributed by atoms with E-state index >= 15 is 0 Å². The van der Waals surface area contributed by atoms with Gasteiger partial charge in [0.15, 0.2) is 0 Å². The molecule has 6 N–H and O–H groups in total. The normalized spacial score (nSPS) is 22.2. The van der Waals surface area contributed by atoms with Gasteiger partial charge in [0.1, 0.15) is 34.5 Å². The zero-order chi connectivity index (χ0) is 23.7. The number of phenolic OH excluding ortho intramolecular Hbond substituents is 6. The minimum atomic E-state index is -0.397. The van der Waals surface area contributed by atoms with Crippen LogP contribution in [-0.4, -0.2) is 30.6 Å². The minimum absolute atomic E-state index is 0.0496. The fourth-order valence-electron chi connectivity index (χ4n) is 6.15. The molecule has 0 saturated carbocycles. The van der Waals surface area contributed by atoms with E-state index in [2.05, 4.69) is 0 Å². The quantitative estimate of drug-likeness (QED) is 0.251. The summed E-state index contributed by atoms with van der Waals surface area (Å²) in [7, 11) is 0. The average molecular weight is 454 g/mol. The monoisotopic (exact) mass is 454 g/mol. The van der Waals surface area contributed by atoms with Crippen molar-refractivity contribution in [3.05, 3.63) is 106 Å². The molecule has 0 radical (unpaired) electrons. The molecule has 0 saturated heterocycles. The lowest BCUT2D eigenvalue weighted by Gasteiger charge is -2.40. The predicted molar refractivity (Wildman–Crippen MR) is 125 cm³/mol. The van der Waals surface area contributed by atoms with Crippen LogP contribution in [0, 0.1) is 0 Å². The van der Waals surface area contributed by atoms with Crippen molar-refractivity contribution in [3.8, 4) is 34.5 Å². The molecule has 4 atom stereocenters. The molecule has 2 aliphatic carbocycles. The van der Waals surface area contributed by atoms with Gasteiger partial charge in [0.2, 0.25) is 0 Å².